The van der Waals surface area contributed by atoms with Gasteiger partial charge in [0.05, 0.1) is 39.1 Å². The molecule has 4 saturated heterocycles. The van der Waals surface area contributed by atoms with E-state index >= 15 is 0 Å². The largest absolute Gasteiger partial charge is 0.394 e. The van der Waals surface area contributed by atoms with Gasteiger partial charge in [-0.1, -0.05) is 0 Å². The summed E-state index contributed by atoms with van der Waals surface area (Å²) in [5.74, 6) is -2.22. The Labute approximate surface area is 172 Å². The molecule has 0 aromatic heterocycles. The van der Waals surface area contributed by atoms with Gasteiger partial charge in [-0.3, -0.25) is 0 Å². The van der Waals surface area contributed by atoms with Crippen LogP contribution in [0.1, 0.15) is 6.92 Å². The highest BCUT2D eigenvalue weighted by molar-refractivity contribution is 4.98. The lowest BCUT2D eigenvalue weighted by Crippen LogP contribution is -2.62. The van der Waals surface area contributed by atoms with E-state index in [2.05, 4.69) is 11.7 Å². The fourth-order valence-electron chi connectivity index (χ4n) is 2.73. The van der Waals surface area contributed by atoms with Crippen LogP contribution >= 0.6 is 0 Å². The van der Waals surface area contributed by atoms with Crippen LogP contribution in [-0.4, -0.2) is 141 Å². The molecule has 10 unspecified atom stereocenters. The second-order valence-electron chi connectivity index (χ2n) is 7.32. The first kappa shape index (κ1) is 25.7. The Hall–Kier alpha value is -0.520. The van der Waals surface area contributed by atoms with Gasteiger partial charge in [0.15, 0.2) is 6.29 Å². The van der Waals surface area contributed by atoms with E-state index in [9.17, 15) is 30.6 Å². The third-order valence-corrected chi connectivity index (χ3v) is 4.77. The summed E-state index contributed by atoms with van der Waals surface area (Å²) in [6.07, 6.45) is -12.1. The highest BCUT2D eigenvalue weighted by atomic mass is 16.8. The molecule has 8 N–H and O–H groups in total. The number of ether oxygens (including phenoxy) is 5. The molecule has 0 aliphatic carbocycles. The van der Waals surface area contributed by atoms with Crippen molar-refractivity contribution in [1.29, 1.82) is 0 Å². The zero-order valence-corrected chi connectivity index (χ0v) is 16.6. The summed E-state index contributed by atoms with van der Waals surface area (Å²) in [5.41, 5.74) is 0. The number of epoxide rings is 2. The lowest BCUT2D eigenvalue weighted by atomic mass is 9.99. The normalized spacial score (nSPS) is 46.9. The van der Waals surface area contributed by atoms with E-state index in [0.717, 1.165) is 19.8 Å². The minimum absolute atomic E-state index is 0.583. The summed E-state index contributed by atoms with van der Waals surface area (Å²) in [4.78, 5) is 0. The van der Waals surface area contributed by atoms with E-state index < -0.39 is 74.6 Å². The molecular weight excluding hydrogens is 412 g/mol. The smallest absolute Gasteiger partial charge is 0.224 e. The maximum Gasteiger partial charge on any atom is 0.224 e. The number of aliphatic hydroxyl groups excluding tert-OH is 8. The fourth-order valence-corrected chi connectivity index (χ4v) is 2.73. The Bertz CT molecular complexity index is 499. The topological polar surface area (TPSA) is 215 Å². The molecule has 178 valence electrons. The minimum atomic E-state index is -2.22. The van der Waals surface area contributed by atoms with Crippen molar-refractivity contribution in [3.63, 3.8) is 0 Å². The molecule has 0 spiro atoms. The number of rotatable bonds is 5. The Morgan fingerprint density at radius 2 is 1.40 bits per heavy atom. The zero-order valence-electron chi connectivity index (χ0n) is 16.6. The minimum Gasteiger partial charge on any atom is -0.394 e. The highest BCUT2D eigenvalue weighted by Gasteiger charge is 2.58. The van der Waals surface area contributed by atoms with Crippen LogP contribution in [0.4, 0.5) is 0 Å². The van der Waals surface area contributed by atoms with Gasteiger partial charge in [0.25, 0.3) is 0 Å². The van der Waals surface area contributed by atoms with E-state index in [1.54, 1.807) is 0 Å². The third kappa shape index (κ3) is 6.49. The summed E-state index contributed by atoms with van der Waals surface area (Å²) >= 11 is 0. The molecule has 0 saturated carbocycles. The maximum atomic E-state index is 10.00. The second kappa shape index (κ2) is 11.4. The molecule has 0 aromatic carbocycles. The van der Waals surface area contributed by atoms with Gasteiger partial charge in [0, 0.05) is 0 Å². The quantitative estimate of drug-likeness (QED) is 0.187. The lowest BCUT2D eigenvalue weighted by Gasteiger charge is -2.43. The molecule has 4 aliphatic heterocycles. The van der Waals surface area contributed by atoms with Crippen molar-refractivity contribution in [3.05, 3.63) is 0 Å². The SMILES string of the molecule is C1CO1.CC1CO1.OCC1OC(OC2(CO)OC(CO)C(O)C2O)C(O)C(O)C1O. The van der Waals surface area contributed by atoms with Gasteiger partial charge >= 0.3 is 0 Å². The highest BCUT2D eigenvalue weighted by Crippen LogP contribution is 2.35. The van der Waals surface area contributed by atoms with E-state index in [0.29, 0.717) is 6.10 Å². The van der Waals surface area contributed by atoms with Crippen molar-refractivity contribution < 1.29 is 64.5 Å². The van der Waals surface area contributed by atoms with Crippen molar-refractivity contribution in [3.8, 4) is 0 Å². The predicted molar refractivity (Wildman–Crippen MR) is 94.9 cm³/mol. The zero-order chi connectivity index (χ0) is 22.5. The summed E-state index contributed by atoms with van der Waals surface area (Å²) in [5, 5.41) is 76.7. The number of aliphatic hydroxyl groups is 8. The van der Waals surface area contributed by atoms with Crippen molar-refractivity contribution in [2.45, 2.75) is 67.8 Å². The predicted octanol–water partition coefficient (Wildman–Crippen LogP) is -4.97. The maximum absolute atomic E-state index is 10.00. The first-order chi connectivity index (χ1) is 14.2. The van der Waals surface area contributed by atoms with Gasteiger partial charge in [0.2, 0.25) is 5.79 Å². The Morgan fingerprint density at radius 1 is 0.867 bits per heavy atom. The van der Waals surface area contributed by atoms with Crippen molar-refractivity contribution >= 4 is 0 Å². The average Bonchev–Trinajstić information content (AvgIpc) is 3.66. The van der Waals surface area contributed by atoms with Gasteiger partial charge in [-0.15, -0.1) is 0 Å². The van der Waals surface area contributed by atoms with Crippen LogP contribution in [-0.2, 0) is 23.7 Å². The number of hydrogen-bond donors (Lipinski definition) is 8. The summed E-state index contributed by atoms with van der Waals surface area (Å²) in [6, 6.07) is 0. The van der Waals surface area contributed by atoms with Gasteiger partial charge in [0.1, 0.15) is 49.3 Å². The van der Waals surface area contributed by atoms with Crippen LogP contribution in [0.15, 0.2) is 0 Å². The first-order valence-electron chi connectivity index (χ1n) is 9.64. The molecule has 0 bridgehead atoms. The van der Waals surface area contributed by atoms with Crippen LogP contribution in [0, 0.1) is 0 Å². The number of hydrogen-bond acceptors (Lipinski definition) is 13. The molecule has 30 heavy (non-hydrogen) atoms. The van der Waals surface area contributed by atoms with Crippen molar-refractivity contribution in [1.82, 2.24) is 0 Å². The molecular formula is C17H32O13. The van der Waals surface area contributed by atoms with E-state index in [4.69, 9.17) is 29.2 Å². The molecule has 0 aromatic rings. The Kier molecular flexibility index (Phi) is 9.76. The molecule has 4 rings (SSSR count). The van der Waals surface area contributed by atoms with Gasteiger partial charge in [-0.05, 0) is 6.92 Å². The molecule has 13 nitrogen and oxygen atoms in total. The Morgan fingerprint density at radius 3 is 1.77 bits per heavy atom. The average molecular weight is 444 g/mol. The standard InChI is InChI=1S/C12H22O11.C3H6O.C2H4O/c13-1-4-6(16)8(18)9(19)11(21-4)23-12(3-15)10(20)7(17)5(2-14)22-12;1-3-2-4-3;1-2-3-1/h4-11,13-20H,1-3H2;3H,2H2,1H3;1-2H2. The lowest BCUT2D eigenvalue weighted by molar-refractivity contribution is -0.383. The van der Waals surface area contributed by atoms with Gasteiger partial charge in [-0.2, -0.15) is 0 Å². The van der Waals surface area contributed by atoms with Crippen molar-refractivity contribution in [2.75, 3.05) is 39.6 Å². The van der Waals surface area contributed by atoms with Gasteiger partial charge in [-0.25, -0.2) is 0 Å². The molecule has 4 heterocycles. The molecule has 4 fully saturated rings. The Balaban J connectivity index is 0.000000382. The molecule has 0 amide bonds. The summed E-state index contributed by atoms with van der Waals surface area (Å²) < 4.78 is 24.7. The first-order valence-corrected chi connectivity index (χ1v) is 9.64. The van der Waals surface area contributed by atoms with Crippen LogP contribution in [0.2, 0.25) is 0 Å². The van der Waals surface area contributed by atoms with E-state index in [1.807, 2.05) is 0 Å². The summed E-state index contributed by atoms with van der Waals surface area (Å²) in [7, 11) is 0. The summed E-state index contributed by atoms with van der Waals surface area (Å²) in [6.45, 7) is 2.72. The van der Waals surface area contributed by atoms with Crippen LogP contribution in [0.3, 0.4) is 0 Å². The monoisotopic (exact) mass is 444 g/mol. The molecule has 13 heteroatoms. The molecule has 0 radical (unpaired) electrons. The van der Waals surface area contributed by atoms with Crippen LogP contribution in [0.25, 0.3) is 0 Å². The van der Waals surface area contributed by atoms with Crippen molar-refractivity contribution in [2.24, 2.45) is 0 Å². The van der Waals surface area contributed by atoms with Gasteiger partial charge < -0.3 is 64.5 Å². The van der Waals surface area contributed by atoms with E-state index in [-0.39, 0.29) is 0 Å². The van der Waals surface area contributed by atoms with Crippen LogP contribution in [0.5, 0.6) is 0 Å². The second-order valence-corrected chi connectivity index (χ2v) is 7.32. The van der Waals surface area contributed by atoms with E-state index in [1.165, 1.54) is 0 Å². The van der Waals surface area contributed by atoms with Crippen LogP contribution < -0.4 is 0 Å². The third-order valence-electron chi connectivity index (χ3n) is 4.77. The molecule has 10 atom stereocenters. The fraction of sp³-hybridized carbons (Fsp3) is 1.00. The molecule has 4 aliphatic rings.